The highest BCUT2D eigenvalue weighted by molar-refractivity contribution is 5.92. The van der Waals surface area contributed by atoms with Crippen LogP contribution in [0.15, 0.2) is 29.5 Å². The Balaban J connectivity index is 1.93. The van der Waals surface area contributed by atoms with E-state index in [2.05, 4.69) is 10.6 Å². The fourth-order valence-corrected chi connectivity index (χ4v) is 5.34. The van der Waals surface area contributed by atoms with Crippen LogP contribution in [0.3, 0.4) is 0 Å². The number of aryl methyl sites for hydroxylation is 1. The first-order valence-corrected chi connectivity index (χ1v) is 16.8. The summed E-state index contributed by atoms with van der Waals surface area (Å²) in [6.45, 7) is 10.4. The van der Waals surface area contributed by atoms with Crippen LogP contribution < -0.4 is 32.6 Å². The molecule has 2 rings (SSSR count). The number of aliphatic hydroxyl groups excluding tert-OH is 4. The fraction of sp³-hybridized carbons (Fsp3) is 0.676. The van der Waals surface area contributed by atoms with Crippen LogP contribution in [0.1, 0.15) is 70.9 Å². The highest BCUT2D eigenvalue weighted by Gasteiger charge is 2.45. The Bertz CT molecular complexity index is 1270. The maximum atomic E-state index is 12.6. The number of aliphatic hydroxyl groups is 4. The van der Waals surface area contributed by atoms with Crippen molar-refractivity contribution in [1.82, 2.24) is 10.6 Å². The summed E-state index contributed by atoms with van der Waals surface area (Å²) >= 11 is 0. The molecule has 1 saturated heterocycles. The Kier molecular flexibility index (Phi) is 16.9. The molecule has 1 heterocycles. The predicted octanol–water partition coefficient (Wildman–Crippen LogP) is -0.174. The first kappa shape index (κ1) is 41.9. The number of hydrogen-bond donors (Lipinski definition) is 10. The lowest BCUT2D eigenvalue weighted by atomic mass is 9.95. The summed E-state index contributed by atoms with van der Waals surface area (Å²) in [5, 5.41) is 54.8. The molecule has 1 fully saturated rings. The summed E-state index contributed by atoms with van der Waals surface area (Å²) in [7, 11) is 0. The normalized spacial score (nSPS) is 22.3. The van der Waals surface area contributed by atoms with Gasteiger partial charge in [0.2, 0.25) is 24.0 Å². The number of primary amides is 1. The molecule has 0 radical (unpaired) electrons. The molecule has 1 aliphatic heterocycles. The summed E-state index contributed by atoms with van der Waals surface area (Å²) in [5.74, 6) is -0.665. The van der Waals surface area contributed by atoms with E-state index < -0.39 is 54.8 Å². The van der Waals surface area contributed by atoms with Crippen LogP contribution in [0.2, 0.25) is 0 Å². The SMILES string of the molecule is Cc1cc(OCCCNC(C)(C)CC(=O)N[C@@H](CCCCN)C(N)=O)ccc1C/C(C(=N)OC1OC(CO)[C@@H](O)C(O)[C@H]1O)=C(/N)C(C)C. The molecular weight excluding hydrogens is 636 g/mol. The van der Waals surface area contributed by atoms with Gasteiger partial charge in [0.25, 0.3) is 0 Å². The summed E-state index contributed by atoms with van der Waals surface area (Å²) in [6, 6.07) is 4.85. The van der Waals surface area contributed by atoms with Gasteiger partial charge in [-0.05, 0) is 88.7 Å². The maximum Gasteiger partial charge on any atom is 0.239 e. The number of carbonyl (C=O) groups excluding carboxylic acids is 2. The van der Waals surface area contributed by atoms with E-state index in [9.17, 15) is 30.0 Å². The standard InChI is InChI=1S/C34H58N6O9/c1-19(2)27(36)23(32(38)49-33-30(45)29(44)28(43)25(18-41)48-33)16-21-10-11-22(15-20(21)3)47-14-8-13-39-34(4,5)17-26(42)40-24(31(37)46)9-6-7-12-35/h10-11,15,19,24-25,28-30,33,38-39,41,43-45H,6-9,12-14,16-18,35-36H2,1-5H3,(H2,37,46)(H,40,42)/b27-23-,38-32?/t24-,25?,28+,29?,30+,33?/m0/s1. The van der Waals surface area contributed by atoms with E-state index in [0.717, 1.165) is 17.5 Å². The molecule has 13 N–H and O–H groups in total. The number of unbranched alkanes of at least 4 members (excludes halogenated alkanes) is 1. The Morgan fingerprint density at radius 1 is 1.08 bits per heavy atom. The number of nitrogens with two attached hydrogens (primary N) is 3. The predicted molar refractivity (Wildman–Crippen MR) is 184 cm³/mol. The molecule has 278 valence electrons. The molecule has 15 nitrogen and oxygen atoms in total. The van der Waals surface area contributed by atoms with Gasteiger partial charge in [-0.3, -0.25) is 15.0 Å². The lowest BCUT2D eigenvalue weighted by Crippen LogP contribution is -2.59. The molecule has 1 aromatic carbocycles. The summed E-state index contributed by atoms with van der Waals surface area (Å²) in [5.41, 5.74) is 19.3. The molecule has 3 unspecified atom stereocenters. The van der Waals surface area contributed by atoms with E-state index in [1.807, 2.05) is 52.8 Å². The third-order valence-electron chi connectivity index (χ3n) is 8.43. The number of amides is 2. The molecule has 1 aromatic rings. The van der Waals surface area contributed by atoms with Crippen LogP contribution in [-0.4, -0.2) is 107 Å². The zero-order chi connectivity index (χ0) is 36.9. The molecule has 1 aliphatic rings. The van der Waals surface area contributed by atoms with Crippen molar-refractivity contribution in [2.24, 2.45) is 23.1 Å². The molecule has 6 atom stereocenters. The highest BCUT2D eigenvalue weighted by Crippen LogP contribution is 2.26. The summed E-state index contributed by atoms with van der Waals surface area (Å²) < 4.78 is 17.0. The molecule has 2 amide bonds. The van der Waals surface area contributed by atoms with Crippen molar-refractivity contribution < 1.29 is 44.2 Å². The lowest BCUT2D eigenvalue weighted by molar-refractivity contribution is -0.281. The average molecular weight is 695 g/mol. The van der Waals surface area contributed by atoms with E-state index >= 15 is 0 Å². The number of ether oxygens (including phenoxy) is 3. The Labute approximate surface area is 289 Å². The van der Waals surface area contributed by atoms with E-state index in [1.165, 1.54) is 0 Å². The van der Waals surface area contributed by atoms with Gasteiger partial charge in [-0.25, -0.2) is 0 Å². The maximum absolute atomic E-state index is 12.6. The Morgan fingerprint density at radius 2 is 1.78 bits per heavy atom. The second-order valence-electron chi connectivity index (χ2n) is 13.5. The van der Waals surface area contributed by atoms with Gasteiger partial charge in [0.05, 0.1) is 13.2 Å². The summed E-state index contributed by atoms with van der Waals surface area (Å²) in [6.07, 6.45) is -4.54. The first-order chi connectivity index (χ1) is 23.0. The highest BCUT2D eigenvalue weighted by atomic mass is 16.7. The topological polar surface area (TPSA) is 269 Å². The lowest BCUT2D eigenvalue weighted by Gasteiger charge is -2.39. The Morgan fingerprint density at radius 3 is 2.37 bits per heavy atom. The number of rotatable bonds is 20. The number of hydrogen-bond acceptors (Lipinski definition) is 13. The average Bonchev–Trinajstić information content (AvgIpc) is 3.03. The second kappa shape index (κ2) is 19.8. The van der Waals surface area contributed by atoms with Gasteiger partial charge in [-0.15, -0.1) is 0 Å². The Hall–Kier alpha value is -3.31. The molecule has 15 heteroatoms. The third-order valence-corrected chi connectivity index (χ3v) is 8.43. The van der Waals surface area contributed by atoms with E-state index in [4.69, 9.17) is 36.8 Å². The van der Waals surface area contributed by atoms with Gasteiger partial charge in [0, 0.05) is 29.7 Å². The van der Waals surface area contributed by atoms with Crippen molar-refractivity contribution in [2.45, 2.75) is 115 Å². The third kappa shape index (κ3) is 13.2. The van der Waals surface area contributed by atoms with Gasteiger partial charge >= 0.3 is 0 Å². The monoisotopic (exact) mass is 694 g/mol. The molecular formula is C34H58N6O9. The van der Waals surface area contributed by atoms with Crippen LogP contribution in [0.4, 0.5) is 0 Å². The number of allylic oxidation sites excluding steroid dienone is 1. The zero-order valence-electron chi connectivity index (χ0n) is 29.4. The minimum Gasteiger partial charge on any atom is -0.494 e. The van der Waals surface area contributed by atoms with Crippen molar-refractivity contribution in [3.05, 3.63) is 40.6 Å². The largest absolute Gasteiger partial charge is 0.494 e. The van der Waals surface area contributed by atoms with Crippen LogP contribution in [0.25, 0.3) is 0 Å². The molecule has 0 bridgehead atoms. The van der Waals surface area contributed by atoms with Crippen molar-refractivity contribution >= 4 is 17.7 Å². The molecule has 49 heavy (non-hydrogen) atoms. The first-order valence-electron chi connectivity index (χ1n) is 16.8. The van der Waals surface area contributed by atoms with E-state index in [1.54, 1.807) is 0 Å². The summed E-state index contributed by atoms with van der Waals surface area (Å²) in [4.78, 5) is 24.3. The smallest absolute Gasteiger partial charge is 0.239 e. The number of benzene rings is 1. The van der Waals surface area contributed by atoms with Crippen LogP contribution >= 0.6 is 0 Å². The minimum absolute atomic E-state index is 0.136. The van der Waals surface area contributed by atoms with Crippen LogP contribution in [-0.2, 0) is 25.5 Å². The van der Waals surface area contributed by atoms with Gasteiger partial charge < -0.3 is 62.5 Å². The minimum atomic E-state index is -1.66. The van der Waals surface area contributed by atoms with Gasteiger partial charge in [-0.2, -0.15) is 0 Å². The van der Waals surface area contributed by atoms with E-state index in [-0.39, 0.29) is 30.6 Å². The zero-order valence-corrected chi connectivity index (χ0v) is 29.4. The quantitative estimate of drug-likeness (QED) is 0.0484. The van der Waals surface area contributed by atoms with Crippen molar-refractivity contribution in [3.63, 3.8) is 0 Å². The fourth-order valence-electron chi connectivity index (χ4n) is 5.34. The van der Waals surface area contributed by atoms with Crippen LogP contribution in [0, 0.1) is 18.3 Å². The van der Waals surface area contributed by atoms with Gasteiger partial charge in [0.15, 0.2) is 0 Å². The van der Waals surface area contributed by atoms with E-state index in [0.29, 0.717) is 56.0 Å². The van der Waals surface area contributed by atoms with Crippen molar-refractivity contribution in [2.75, 3.05) is 26.3 Å². The van der Waals surface area contributed by atoms with Gasteiger partial charge in [0.1, 0.15) is 36.2 Å². The molecule has 0 spiro atoms. The van der Waals surface area contributed by atoms with Crippen molar-refractivity contribution in [1.29, 1.82) is 5.41 Å². The number of nitrogens with one attached hydrogen (secondary N) is 3. The second-order valence-corrected chi connectivity index (χ2v) is 13.5. The van der Waals surface area contributed by atoms with Crippen molar-refractivity contribution in [3.8, 4) is 5.75 Å². The molecule has 0 aliphatic carbocycles. The molecule has 0 saturated carbocycles. The van der Waals surface area contributed by atoms with Crippen LogP contribution in [0.5, 0.6) is 5.75 Å². The molecule has 0 aromatic heterocycles. The number of carbonyl (C=O) groups is 2. The van der Waals surface area contributed by atoms with Gasteiger partial charge in [-0.1, -0.05) is 19.9 Å².